The number of halogens is 1. The molecule has 1 aliphatic carbocycles. The van der Waals surface area contributed by atoms with Crippen molar-refractivity contribution in [1.82, 2.24) is 5.32 Å². The maximum Gasteiger partial charge on any atom is 0.236 e. The van der Waals surface area contributed by atoms with Crippen molar-refractivity contribution in [2.75, 3.05) is 5.32 Å². The van der Waals surface area contributed by atoms with Gasteiger partial charge in [-0.2, -0.15) is 0 Å². The van der Waals surface area contributed by atoms with Crippen LogP contribution in [0, 0.1) is 11.2 Å². The molecule has 122 valence electrons. The molecule has 2 aromatic carbocycles. The normalized spacial score (nSPS) is 15.0. The zero-order valence-corrected chi connectivity index (χ0v) is 13.1. The van der Waals surface area contributed by atoms with E-state index in [9.17, 15) is 9.18 Å². The van der Waals surface area contributed by atoms with Crippen molar-refractivity contribution in [2.24, 2.45) is 0 Å². The van der Waals surface area contributed by atoms with Gasteiger partial charge in [-0.05, 0) is 48.7 Å². The molecule has 3 N–H and O–H groups in total. The van der Waals surface area contributed by atoms with Gasteiger partial charge in [0.15, 0.2) is 0 Å². The quantitative estimate of drug-likeness (QED) is 0.582. The third-order valence-corrected chi connectivity index (χ3v) is 4.10. The topological polar surface area (TPSA) is 65.0 Å². The molecule has 2 aromatic rings. The summed E-state index contributed by atoms with van der Waals surface area (Å²) in [6.45, 7) is 0. The van der Waals surface area contributed by atoms with Crippen molar-refractivity contribution in [2.45, 2.75) is 18.3 Å². The molecule has 0 radical (unpaired) electrons. The molecule has 5 heteroatoms. The van der Waals surface area contributed by atoms with Crippen LogP contribution in [0.3, 0.4) is 0 Å². The molecule has 3 rings (SSSR count). The summed E-state index contributed by atoms with van der Waals surface area (Å²) < 4.78 is 13.0. The van der Waals surface area contributed by atoms with Gasteiger partial charge in [-0.3, -0.25) is 10.2 Å². The SMILES string of the molecule is N=C(/C=C\Nc1ccccc1)NC(=O)C1(c2ccc(F)cc2)CC1. The Morgan fingerprint density at radius 3 is 2.38 bits per heavy atom. The summed E-state index contributed by atoms with van der Waals surface area (Å²) in [6, 6.07) is 15.5. The van der Waals surface area contributed by atoms with E-state index >= 15 is 0 Å². The second-order valence-corrected chi connectivity index (χ2v) is 5.80. The number of hydrogen-bond acceptors (Lipinski definition) is 3. The molecule has 0 spiro atoms. The average Bonchev–Trinajstić information content (AvgIpc) is 3.38. The van der Waals surface area contributed by atoms with Crippen molar-refractivity contribution in [3.8, 4) is 0 Å². The van der Waals surface area contributed by atoms with Gasteiger partial charge in [-0.1, -0.05) is 30.3 Å². The van der Waals surface area contributed by atoms with Crippen LogP contribution in [0.1, 0.15) is 18.4 Å². The smallest absolute Gasteiger partial charge is 0.236 e. The number of nitrogens with one attached hydrogen (secondary N) is 3. The number of carbonyl (C=O) groups is 1. The third kappa shape index (κ3) is 3.51. The summed E-state index contributed by atoms with van der Waals surface area (Å²) in [5.74, 6) is -0.530. The molecule has 1 fully saturated rings. The van der Waals surface area contributed by atoms with Gasteiger partial charge in [0, 0.05) is 11.9 Å². The fraction of sp³-hybridized carbons (Fsp3) is 0.158. The zero-order valence-electron chi connectivity index (χ0n) is 13.1. The van der Waals surface area contributed by atoms with E-state index in [0.29, 0.717) is 12.8 Å². The maximum absolute atomic E-state index is 13.0. The fourth-order valence-corrected chi connectivity index (χ4v) is 2.58. The van der Waals surface area contributed by atoms with Crippen LogP contribution < -0.4 is 10.6 Å². The Balaban J connectivity index is 1.58. The van der Waals surface area contributed by atoms with Crippen LogP contribution in [0.25, 0.3) is 0 Å². The van der Waals surface area contributed by atoms with Crippen LogP contribution in [0.4, 0.5) is 10.1 Å². The van der Waals surface area contributed by atoms with Crippen molar-refractivity contribution >= 4 is 17.4 Å². The second kappa shape index (κ2) is 6.66. The van der Waals surface area contributed by atoms with E-state index in [1.807, 2.05) is 30.3 Å². The molecule has 0 bridgehead atoms. The Hall–Kier alpha value is -2.95. The lowest BCUT2D eigenvalue weighted by Crippen LogP contribution is -2.37. The van der Waals surface area contributed by atoms with Crippen molar-refractivity contribution in [3.63, 3.8) is 0 Å². The molecular formula is C19H18FN3O. The van der Waals surface area contributed by atoms with E-state index in [1.54, 1.807) is 18.3 Å². The third-order valence-electron chi connectivity index (χ3n) is 4.10. The van der Waals surface area contributed by atoms with Gasteiger partial charge in [-0.25, -0.2) is 4.39 Å². The Bertz CT molecular complexity index is 765. The predicted molar refractivity (Wildman–Crippen MR) is 92.4 cm³/mol. The summed E-state index contributed by atoms with van der Waals surface area (Å²) in [6.07, 6.45) is 4.52. The van der Waals surface area contributed by atoms with Crippen LogP contribution in [-0.4, -0.2) is 11.7 Å². The minimum atomic E-state index is -0.624. The van der Waals surface area contributed by atoms with E-state index in [0.717, 1.165) is 11.3 Å². The highest BCUT2D eigenvalue weighted by Gasteiger charge is 2.51. The van der Waals surface area contributed by atoms with Gasteiger partial charge in [0.05, 0.1) is 5.41 Å². The Kier molecular flexibility index (Phi) is 4.42. The number of anilines is 1. The molecular weight excluding hydrogens is 305 g/mol. The summed E-state index contributed by atoms with van der Waals surface area (Å²) in [7, 11) is 0. The predicted octanol–water partition coefficient (Wildman–Crippen LogP) is 3.58. The minimum absolute atomic E-state index is 0.0109. The molecule has 0 saturated heterocycles. The van der Waals surface area contributed by atoms with E-state index < -0.39 is 5.41 Å². The highest BCUT2D eigenvalue weighted by Crippen LogP contribution is 2.48. The van der Waals surface area contributed by atoms with Gasteiger partial charge < -0.3 is 10.6 Å². The first-order chi connectivity index (χ1) is 11.6. The lowest BCUT2D eigenvalue weighted by Gasteiger charge is -2.15. The maximum atomic E-state index is 13.0. The van der Waals surface area contributed by atoms with E-state index in [-0.39, 0.29) is 17.6 Å². The Morgan fingerprint density at radius 1 is 1.08 bits per heavy atom. The molecule has 0 aliphatic heterocycles. The summed E-state index contributed by atoms with van der Waals surface area (Å²) >= 11 is 0. The number of carbonyl (C=O) groups excluding carboxylic acids is 1. The molecule has 0 atom stereocenters. The van der Waals surface area contributed by atoms with Crippen molar-refractivity contribution in [1.29, 1.82) is 5.41 Å². The second-order valence-electron chi connectivity index (χ2n) is 5.80. The highest BCUT2D eigenvalue weighted by atomic mass is 19.1. The molecule has 4 nitrogen and oxygen atoms in total. The molecule has 1 saturated carbocycles. The molecule has 1 amide bonds. The first kappa shape index (κ1) is 15.9. The van der Waals surface area contributed by atoms with E-state index in [1.165, 1.54) is 18.2 Å². The van der Waals surface area contributed by atoms with Gasteiger partial charge in [0.1, 0.15) is 11.7 Å². The van der Waals surface area contributed by atoms with Gasteiger partial charge in [-0.15, -0.1) is 0 Å². The highest BCUT2D eigenvalue weighted by molar-refractivity contribution is 6.07. The summed E-state index contributed by atoms with van der Waals surface area (Å²) in [4.78, 5) is 12.5. The van der Waals surface area contributed by atoms with Crippen LogP contribution in [-0.2, 0) is 10.2 Å². The fourth-order valence-electron chi connectivity index (χ4n) is 2.58. The van der Waals surface area contributed by atoms with Gasteiger partial charge in [0.25, 0.3) is 0 Å². The Morgan fingerprint density at radius 2 is 1.75 bits per heavy atom. The molecule has 0 unspecified atom stereocenters. The molecule has 0 aromatic heterocycles. The number of hydrogen-bond donors (Lipinski definition) is 3. The summed E-state index contributed by atoms with van der Waals surface area (Å²) in [5.41, 5.74) is 1.07. The first-order valence-corrected chi connectivity index (χ1v) is 7.74. The number of para-hydroxylation sites is 1. The van der Waals surface area contributed by atoms with Gasteiger partial charge >= 0.3 is 0 Å². The zero-order chi connectivity index (χ0) is 17.0. The molecule has 0 heterocycles. The molecule has 24 heavy (non-hydrogen) atoms. The molecule has 1 aliphatic rings. The van der Waals surface area contributed by atoms with Crippen molar-refractivity contribution in [3.05, 3.63) is 78.3 Å². The largest absolute Gasteiger partial charge is 0.362 e. The minimum Gasteiger partial charge on any atom is -0.362 e. The number of amidine groups is 1. The average molecular weight is 323 g/mol. The number of amides is 1. The standard InChI is InChI=1S/C19H18FN3O/c20-15-8-6-14(7-9-15)19(11-12-19)18(24)23-17(21)10-13-22-16-4-2-1-3-5-16/h1-10,13,22H,11-12H2,(H2,21,23,24)/b13-10-. The van der Waals surface area contributed by atoms with Crippen LogP contribution in [0.2, 0.25) is 0 Å². The van der Waals surface area contributed by atoms with E-state index in [2.05, 4.69) is 10.6 Å². The van der Waals surface area contributed by atoms with Crippen molar-refractivity contribution < 1.29 is 9.18 Å². The number of rotatable bonds is 5. The lowest BCUT2D eigenvalue weighted by molar-refractivity contribution is -0.122. The first-order valence-electron chi connectivity index (χ1n) is 7.74. The monoisotopic (exact) mass is 323 g/mol. The van der Waals surface area contributed by atoms with Crippen LogP contribution >= 0.6 is 0 Å². The van der Waals surface area contributed by atoms with Crippen LogP contribution in [0.5, 0.6) is 0 Å². The van der Waals surface area contributed by atoms with E-state index in [4.69, 9.17) is 5.41 Å². The van der Waals surface area contributed by atoms with Crippen LogP contribution in [0.15, 0.2) is 66.9 Å². The lowest BCUT2D eigenvalue weighted by atomic mass is 9.95. The Labute approximate surface area is 139 Å². The summed E-state index contributed by atoms with van der Waals surface area (Å²) in [5, 5.41) is 13.5. The number of benzene rings is 2. The van der Waals surface area contributed by atoms with Gasteiger partial charge in [0.2, 0.25) is 5.91 Å².